The van der Waals surface area contributed by atoms with E-state index in [1.165, 1.54) is 12.1 Å². The van der Waals surface area contributed by atoms with Crippen molar-refractivity contribution in [3.8, 4) is 22.9 Å². The number of ether oxygens (including phenoxy) is 2. The molecule has 2 aromatic carbocycles. The van der Waals surface area contributed by atoms with E-state index in [9.17, 15) is 8.42 Å². The molecule has 1 aromatic heterocycles. The first-order valence-corrected chi connectivity index (χ1v) is 9.79. The molecule has 9 heteroatoms. The van der Waals surface area contributed by atoms with Gasteiger partial charge in [0.15, 0.2) is 11.5 Å². The van der Waals surface area contributed by atoms with Crippen molar-refractivity contribution in [2.24, 2.45) is 0 Å². The lowest BCUT2D eigenvalue weighted by Crippen LogP contribution is -2.26. The Morgan fingerprint density at radius 2 is 1.93 bits per heavy atom. The second-order valence-corrected chi connectivity index (χ2v) is 7.76. The maximum atomic E-state index is 12.4. The van der Waals surface area contributed by atoms with Crippen molar-refractivity contribution in [3.05, 3.63) is 53.9 Å². The third-order valence-corrected chi connectivity index (χ3v) is 5.60. The first-order chi connectivity index (χ1) is 13.0. The second kappa shape index (κ2) is 7.01. The molecule has 0 atom stereocenters. The van der Waals surface area contributed by atoms with Crippen molar-refractivity contribution < 1.29 is 22.4 Å². The molecule has 1 aliphatic heterocycles. The van der Waals surface area contributed by atoms with E-state index in [-0.39, 0.29) is 24.7 Å². The van der Waals surface area contributed by atoms with E-state index < -0.39 is 10.0 Å². The number of hydrogen-bond acceptors (Lipinski definition) is 7. The molecule has 0 aliphatic carbocycles. The lowest BCUT2D eigenvalue weighted by atomic mass is 10.1. The highest BCUT2D eigenvalue weighted by molar-refractivity contribution is 7.89. The van der Waals surface area contributed by atoms with Crippen molar-refractivity contribution in [1.82, 2.24) is 14.9 Å². The second-order valence-electron chi connectivity index (χ2n) is 5.99. The monoisotopic (exact) mass is 387 g/mol. The molecule has 1 aliphatic rings. The van der Waals surface area contributed by atoms with Crippen LogP contribution in [-0.4, -0.2) is 31.9 Å². The average Bonchev–Trinajstić information content (AvgIpc) is 3.30. The minimum atomic E-state index is -3.68. The first kappa shape index (κ1) is 17.5. The Hall–Kier alpha value is -2.91. The number of benzene rings is 2. The molecule has 140 valence electrons. The highest BCUT2D eigenvalue weighted by Gasteiger charge is 2.20. The Morgan fingerprint density at radius 1 is 1.11 bits per heavy atom. The van der Waals surface area contributed by atoms with Crippen LogP contribution in [0.1, 0.15) is 11.5 Å². The molecular formula is C18H17N3O5S. The van der Waals surface area contributed by atoms with Crippen LogP contribution in [0.2, 0.25) is 0 Å². The van der Waals surface area contributed by atoms with E-state index in [0.29, 0.717) is 23.2 Å². The van der Waals surface area contributed by atoms with Gasteiger partial charge in [-0.2, -0.15) is 4.98 Å². The maximum Gasteiger partial charge on any atom is 0.240 e. The molecule has 1 N–H and O–H groups in total. The third kappa shape index (κ3) is 3.64. The SMILES string of the molecule is Cc1ccccc1-c1noc(CCNS(=O)(=O)c2ccc3c(c2)OCO3)n1. The number of hydrogen-bond donors (Lipinski definition) is 1. The van der Waals surface area contributed by atoms with Crippen LogP contribution in [0.5, 0.6) is 11.5 Å². The highest BCUT2D eigenvalue weighted by atomic mass is 32.2. The van der Waals surface area contributed by atoms with E-state index in [1.54, 1.807) is 6.07 Å². The number of aromatic nitrogens is 2. The van der Waals surface area contributed by atoms with Crippen LogP contribution in [0.4, 0.5) is 0 Å². The van der Waals surface area contributed by atoms with Gasteiger partial charge in [-0.15, -0.1) is 0 Å². The molecule has 0 unspecified atom stereocenters. The summed E-state index contributed by atoms with van der Waals surface area (Å²) in [4.78, 5) is 4.44. The van der Waals surface area contributed by atoms with Gasteiger partial charge >= 0.3 is 0 Å². The molecule has 0 saturated carbocycles. The molecule has 0 saturated heterocycles. The summed E-state index contributed by atoms with van der Waals surface area (Å²) in [6.07, 6.45) is 0.280. The maximum absolute atomic E-state index is 12.4. The van der Waals surface area contributed by atoms with Crippen LogP contribution in [-0.2, 0) is 16.4 Å². The van der Waals surface area contributed by atoms with Crippen LogP contribution in [0.25, 0.3) is 11.4 Å². The van der Waals surface area contributed by atoms with Crippen LogP contribution in [0.15, 0.2) is 51.9 Å². The average molecular weight is 387 g/mol. The summed E-state index contributed by atoms with van der Waals surface area (Å²) in [7, 11) is -3.68. The zero-order valence-electron chi connectivity index (χ0n) is 14.5. The summed E-state index contributed by atoms with van der Waals surface area (Å²) < 4.78 is 43.0. The Labute approximate surface area is 156 Å². The quantitative estimate of drug-likeness (QED) is 0.692. The van der Waals surface area contributed by atoms with Crippen LogP contribution in [0, 0.1) is 6.92 Å². The molecule has 0 bridgehead atoms. The fraction of sp³-hybridized carbons (Fsp3) is 0.222. The molecule has 27 heavy (non-hydrogen) atoms. The Kier molecular flexibility index (Phi) is 4.54. The summed E-state index contributed by atoms with van der Waals surface area (Å²) in [6, 6.07) is 12.2. The summed E-state index contributed by atoms with van der Waals surface area (Å²) in [5.74, 6) is 1.80. The van der Waals surface area contributed by atoms with Crippen LogP contribution in [0.3, 0.4) is 0 Å². The largest absolute Gasteiger partial charge is 0.454 e. The van der Waals surface area contributed by atoms with E-state index in [4.69, 9.17) is 14.0 Å². The highest BCUT2D eigenvalue weighted by Crippen LogP contribution is 2.33. The molecule has 0 amide bonds. The predicted molar refractivity (Wildman–Crippen MR) is 95.9 cm³/mol. The lowest BCUT2D eigenvalue weighted by molar-refractivity contribution is 0.174. The minimum Gasteiger partial charge on any atom is -0.454 e. The fourth-order valence-electron chi connectivity index (χ4n) is 2.71. The zero-order valence-corrected chi connectivity index (χ0v) is 15.3. The molecule has 2 heterocycles. The summed E-state index contributed by atoms with van der Waals surface area (Å²) in [6.45, 7) is 2.18. The van der Waals surface area contributed by atoms with Crippen molar-refractivity contribution in [2.45, 2.75) is 18.2 Å². The van der Waals surface area contributed by atoms with Gasteiger partial charge in [-0.05, 0) is 24.6 Å². The lowest BCUT2D eigenvalue weighted by Gasteiger charge is -2.06. The standard InChI is InChI=1S/C18H17N3O5S/c1-12-4-2-3-5-14(12)18-20-17(26-21-18)8-9-19-27(22,23)13-6-7-15-16(10-13)25-11-24-15/h2-7,10,19H,8-9,11H2,1H3. The van der Waals surface area contributed by atoms with Gasteiger partial charge in [0.25, 0.3) is 0 Å². The molecule has 4 rings (SSSR count). The van der Waals surface area contributed by atoms with Crippen molar-refractivity contribution in [1.29, 1.82) is 0 Å². The number of nitrogens with one attached hydrogen (secondary N) is 1. The van der Waals surface area contributed by atoms with Crippen LogP contribution < -0.4 is 14.2 Å². The minimum absolute atomic E-state index is 0.0899. The Bertz CT molecular complexity index is 1080. The topological polar surface area (TPSA) is 104 Å². The van der Waals surface area contributed by atoms with E-state index in [2.05, 4.69) is 14.9 Å². The number of fused-ring (bicyclic) bond motifs is 1. The number of sulfonamides is 1. The van der Waals surface area contributed by atoms with Gasteiger partial charge in [-0.1, -0.05) is 29.4 Å². The van der Waals surface area contributed by atoms with Crippen molar-refractivity contribution in [3.63, 3.8) is 0 Å². The predicted octanol–water partition coefficient (Wildman–Crippen LogP) is 2.29. The van der Waals surface area contributed by atoms with Gasteiger partial charge in [0.05, 0.1) is 4.90 Å². The molecule has 0 fully saturated rings. The summed E-state index contributed by atoms with van der Waals surface area (Å²) in [5.41, 5.74) is 1.92. The molecule has 0 spiro atoms. The zero-order chi connectivity index (χ0) is 18.9. The molecular weight excluding hydrogens is 370 g/mol. The van der Waals surface area contributed by atoms with E-state index >= 15 is 0 Å². The fourth-order valence-corrected chi connectivity index (χ4v) is 3.76. The molecule has 0 radical (unpaired) electrons. The van der Waals surface area contributed by atoms with Crippen molar-refractivity contribution in [2.75, 3.05) is 13.3 Å². The summed E-state index contributed by atoms with van der Waals surface area (Å²) in [5, 5.41) is 3.97. The van der Waals surface area contributed by atoms with Gasteiger partial charge in [0, 0.05) is 24.6 Å². The van der Waals surface area contributed by atoms with Gasteiger partial charge in [0.2, 0.25) is 28.5 Å². The number of rotatable bonds is 6. The smallest absolute Gasteiger partial charge is 0.240 e. The van der Waals surface area contributed by atoms with E-state index in [0.717, 1.165) is 11.1 Å². The van der Waals surface area contributed by atoms with Gasteiger partial charge in [-0.3, -0.25) is 0 Å². The van der Waals surface area contributed by atoms with E-state index in [1.807, 2.05) is 31.2 Å². The molecule has 8 nitrogen and oxygen atoms in total. The first-order valence-electron chi connectivity index (χ1n) is 8.31. The van der Waals surface area contributed by atoms with Crippen molar-refractivity contribution >= 4 is 10.0 Å². The Balaban J connectivity index is 1.40. The normalized spacial score (nSPS) is 13.1. The molecule has 3 aromatic rings. The Morgan fingerprint density at radius 3 is 2.78 bits per heavy atom. The number of aryl methyl sites for hydroxylation is 1. The number of nitrogens with zero attached hydrogens (tertiary/aromatic N) is 2. The van der Waals surface area contributed by atoms with Crippen LogP contribution >= 0.6 is 0 Å². The van der Waals surface area contributed by atoms with Gasteiger partial charge in [0.1, 0.15) is 0 Å². The summed E-state index contributed by atoms with van der Waals surface area (Å²) >= 11 is 0. The third-order valence-electron chi connectivity index (χ3n) is 4.14. The van der Waals surface area contributed by atoms with Gasteiger partial charge < -0.3 is 14.0 Å². The van der Waals surface area contributed by atoms with Gasteiger partial charge in [-0.25, -0.2) is 13.1 Å².